The predicted molar refractivity (Wildman–Crippen MR) is 153 cm³/mol. The van der Waals surface area contributed by atoms with Gasteiger partial charge in [0.15, 0.2) is 0 Å². The van der Waals surface area contributed by atoms with E-state index in [0.717, 1.165) is 43.4 Å². The lowest BCUT2D eigenvalue weighted by Gasteiger charge is -2.30. The number of rotatable bonds is 7. The second-order valence-electron chi connectivity index (χ2n) is 10.0. The largest absolute Gasteiger partial charge is 0.450 e. The highest BCUT2D eigenvalue weighted by molar-refractivity contribution is 7.89. The van der Waals surface area contributed by atoms with Crippen LogP contribution < -0.4 is 16.2 Å². The van der Waals surface area contributed by atoms with Gasteiger partial charge in [-0.3, -0.25) is 25.2 Å². The molecule has 1 aromatic heterocycles. The lowest BCUT2D eigenvalue weighted by atomic mass is 9.96. The summed E-state index contributed by atoms with van der Waals surface area (Å²) >= 11 is 1.16. The summed E-state index contributed by atoms with van der Waals surface area (Å²) in [5.41, 5.74) is 5.67. The van der Waals surface area contributed by atoms with Gasteiger partial charge in [-0.1, -0.05) is 19.3 Å². The molecule has 0 unspecified atom stereocenters. The molecule has 0 radical (unpaired) electrons. The van der Waals surface area contributed by atoms with E-state index in [9.17, 15) is 27.6 Å². The number of nitrogens with zero attached hydrogens (tertiary/aromatic N) is 2. The van der Waals surface area contributed by atoms with Crippen LogP contribution in [0.1, 0.15) is 77.1 Å². The Kier molecular flexibility index (Phi) is 9.66. The summed E-state index contributed by atoms with van der Waals surface area (Å²) in [4.78, 5) is 52.2. The van der Waals surface area contributed by atoms with Crippen molar-refractivity contribution in [3.05, 3.63) is 45.8 Å². The summed E-state index contributed by atoms with van der Waals surface area (Å²) in [7, 11) is -2.12. The summed E-state index contributed by atoms with van der Waals surface area (Å²) in [5.74, 6) is -1.61. The first-order valence-electron chi connectivity index (χ1n) is 13.6. The first kappa shape index (κ1) is 30.5. The van der Waals surface area contributed by atoms with Crippen molar-refractivity contribution in [3.8, 4) is 0 Å². The maximum absolute atomic E-state index is 13.2. The van der Waals surface area contributed by atoms with Crippen LogP contribution in [0, 0.1) is 0 Å². The fraction of sp³-hybridized carbons (Fsp3) is 0.481. The van der Waals surface area contributed by atoms with Crippen molar-refractivity contribution in [3.63, 3.8) is 0 Å². The summed E-state index contributed by atoms with van der Waals surface area (Å²) in [6, 6.07) is 5.65. The van der Waals surface area contributed by atoms with Gasteiger partial charge in [0, 0.05) is 37.0 Å². The second kappa shape index (κ2) is 13.0. The number of benzene rings is 1. The highest BCUT2D eigenvalue weighted by Crippen LogP contribution is 2.37. The van der Waals surface area contributed by atoms with Gasteiger partial charge in [0.1, 0.15) is 5.00 Å². The Bertz CT molecular complexity index is 1420. The van der Waals surface area contributed by atoms with Crippen LogP contribution in [-0.2, 0) is 32.5 Å². The number of carbonyl (C=O) groups excluding carboxylic acids is 4. The number of hydrazine groups is 1. The van der Waals surface area contributed by atoms with Gasteiger partial charge in [0.05, 0.1) is 23.6 Å². The van der Waals surface area contributed by atoms with Gasteiger partial charge < -0.3 is 15.0 Å². The zero-order valence-corrected chi connectivity index (χ0v) is 25.0. The fourth-order valence-electron chi connectivity index (χ4n) is 5.07. The van der Waals surface area contributed by atoms with E-state index in [1.165, 1.54) is 40.4 Å². The van der Waals surface area contributed by atoms with Crippen LogP contribution in [0.2, 0.25) is 0 Å². The minimum atomic E-state index is -3.72. The van der Waals surface area contributed by atoms with Crippen molar-refractivity contribution in [1.29, 1.82) is 0 Å². The highest BCUT2D eigenvalue weighted by Gasteiger charge is 2.32. The van der Waals surface area contributed by atoms with Gasteiger partial charge >= 0.3 is 6.09 Å². The first-order chi connectivity index (χ1) is 19.5. The minimum absolute atomic E-state index is 0.0385. The number of ether oxygens (including phenoxy) is 1. The number of nitrogens with one attached hydrogen (secondary N) is 3. The molecule has 1 fully saturated rings. The van der Waals surface area contributed by atoms with E-state index >= 15 is 0 Å². The van der Waals surface area contributed by atoms with Gasteiger partial charge in [-0.2, -0.15) is 4.31 Å². The summed E-state index contributed by atoms with van der Waals surface area (Å²) < 4.78 is 32.9. The molecular formula is C27H35N5O7S2. The van der Waals surface area contributed by atoms with Gasteiger partial charge in [-0.05, 0) is 56.0 Å². The molecule has 222 valence electrons. The lowest BCUT2D eigenvalue weighted by molar-refractivity contribution is -0.119. The molecule has 41 heavy (non-hydrogen) atoms. The minimum Gasteiger partial charge on any atom is -0.450 e. The first-order valence-corrected chi connectivity index (χ1v) is 15.8. The molecule has 1 aliphatic heterocycles. The third kappa shape index (κ3) is 6.88. The van der Waals surface area contributed by atoms with Crippen LogP contribution in [0.15, 0.2) is 29.2 Å². The van der Waals surface area contributed by atoms with Crippen molar-refractivity contribution in [2.45, 2.75) is 69.9 Å². The van der Waals surface area contributed by atoms with Gasteiger partial charge in [-0.15, -0.1) is 11.3 Å². The molecule has 3 N–H and O–H groups in total. The van der Waals surface area contributed by atoms with E-state index in [1.807, 2.05) is 0 Å². The van der Waals surface area contributed by atoms with Crippen LogP contribution in [0.4, 0.5) is 9.80 Å². The van der Waals surface area contributed by atoms with E-state index in [0.29, 0.717) is 23.4 Å². The standard InChI is InChI=1S/C27H35N5O7S2/c1-4-39-27(36)32-15-14-21-22(16-32)40-26(23(21)25(35)30-29-17(2)33)28-24(34)18-10-12-20(13-11-18)41(37,38)31(3)19-8-6-5-7-9-19/h10-13,19H,4-9,14-16H2,1-3H3,(H,28,34)(H,29,33)(H,30,35). The monoisotopic (exact) mass is 605 g/mol. The maximum atomic E-state index is 13.2. The summed E-state index contributed by atoms with van der Waals surface area (Å²) in [5, 5.41) is 3.02. The number of anilines is 1. The van der Waals surface area contributed by atoms with Gasteiger partial charge in [0.2, 0.25) is 15.9 Å². The zero-order valence-electron chi connectivity index (χ0n) is 23.3. The molecule has 2 aromatic rings. The van der Waals surface area contributed by atoms with Crippen molar-refractivity contribution in [2.75, 3.05) is 25.5 Å². The normalized spacial score (nSPS) is 15.7. The zero-order chi connectivity index (χ0) is 29.7. The van der Waals surface area contributed by atoms with Gasteiger partial charge in [-0.25, -0.2) is 13.2 Å². The van der Waals surface area contributed by atoms with Crippen LogP contribution in [0.3, 0.4) is 0 Å². The van der Waals surface area contributed by atoms with E-state index in [2.05, 4.69) is 16.2 Å². The van der Waals surface area contributed by atoms with Crippen molar-refractivity contribution >= 4 is 50.2 Å². The van der Waals surface area contributed by atoms with Crippen LogP contribution in [0.25, 0.3) is 0 Å². The molecule has 0 bridgehead atoms. The lowest BCUT2D eigenvalue weighted by Crippen LogP contribution is -2.41. The predicted octanol–water partition coefficient (Wildman–Crippen LogP) is 3.25. The Morgan fingerprint density at radius 3 is 2.37 bits per heavy atom. The Balaban J connectivity index is 1.55. The van der Waals surface area contributed by atoms with Crippen molar-refractivity contribution in [2.24, 2.45) is 0 Å². The number of hydrogen-bond acceptors (Lipinski definition) is 8. The SMILES string of the molecule is CCOC(=O)N1CCc2c(sc(NC(=O)c3ccc(S(=O)(=O)N(C)C4CCCCC4)cc3)c2C(=O)NNC(C)=O)C1. The Labute approximate surface area is 243 Å². The van der Waals surface area contributed by atoms with Crippen molar-refractivity contribution in [1.82, 2.24) is 20.1 Å². The third-order valence-corrected chi connectivity index (χ3v) is 10.3. The molecule has 0 spiro atoms. The Morgan fingerprint density at radius 2 is 1.73 bits per heavy atom. The van der Waals surface area contributed by atoms with E-state index in [4.69, 9.17) is 4.74 Å². The maximum Gasteiger partial charge on any atom is 0.410 e. The number of thiophene rings is 1. The number of sulfonamides is 1. The Hall–Kier alpha value is -3.49. The molecule has 1 aromatic carbocycles. The Morgan fingerprint density at radius 1 is 1.05 bits per heavy atom. The van der Waals surface area contributed by atoms with Crippen LogP contribution in [0.5, 0.6) is 0 Å². The average molecular weight is 606 g/mol. The second-order valence-corrected chi connectivity index (χ2v) is 13.1. The quantitative estimate of drug-likeness (QED) is 0.410. The summed E-state index contributed by atoms with van der Waals surface area (Å²) in [6.07, 6.45) is 4.66. The van der Waals surface area contributed by atoms with E-state index in [1.54, 1.807) is 14.0 Å². The molecule has 12 nitrogen and oxygen atoms in total. The topological polar surface area (TPSA) is 154 Å². The molecule has 2 heterocycles. The molecule has 1 aliphatic carbocycles. The molecule has 2 aliphatic rings. The molecule has 1 saturated carbocycles. The number of amides is 4. The number of fused-ring (bicyclic) bond motifs is 1. The molecule has 4 rings (SSSR count). The average Bonchev–Trinajstić information content (AvgIpc) is 3.33. The van der Waals surface area contributed by atoms with Crippen molar-refractivity contribution < 1.29 is 32.3 Å². The van der Waals surface area contributed by atoms with Crippen LogP contribution in [-0.4, -0.2) is 67.7 Å². The number of hydrogen-bond donors (Lipinski definition) is 3. The fourth-order valence-corrected chi connectivity index (χ4v) is 7.74. The smallest absolute Gasteiger partial charge is 0.410 e. The molecule has 0 atom stereocenters. The highest BCUT2D eigenvalue weighted by atomic mass is 32.2. The molecular weight excluding hydrogens is 570 g/mol. The van der Waals surface area contributed by atoms with Crippen LogP contribution >= 0.6 is 11.3 Å². The van der Waals surface area contributed by atoms with E-state index in [-0.39, 0.29) is 40.2 Å². The van der Waals surface area contributed by atoms with Gasteiger partial charge in [0.25, 0.3) is 11.8 Å². The molecule has 0 saturated heterocycles. The summed E-state index contributed by atoms with van der Waals surface area (Å²) in [6.45, 7) is 3.72. The molecule has 14 heteroatoms. The third-order valence-electron chi connectivity index (χ3n) is 7.27. The molecule has 4 amide bonds. The van der Waals surface area contributed by atoms with E-state index < -0.39 is 33.8 Å². The number of carbonyl (C=O) groups is 4.